The molecular formula is C16H17FO4S. The number of hydrogen-bond donors (Lipinski definition) is 0. The van der Waals surface area contributed by atoms with Crippen LogP contribution in [0, 0.1) is 26.6 Å². The SMILES string of the molecule is COc1ccc(F)cc1S(=O)(=O)Oc1cc(C)cc(C)c1C. The molecule has 0 radical (unpaired) electrons. The fourth-order valence-corrected chi connectivity index (χ4v) is 3.25. The third-order valence-electron chi connectivity index (χ3n) is 3.36. The lowest BCUT2D eigenvalue weighted by Crippen LogP contribution is -2.12. The Labute approximate surface area is 129 Å². The van der Waals surface area contributed by atoms with Crippen molar-refractivity contribution in [3.8, 4) is 11.5 Å². The second kappa shape index (κ2) is 5.96. The monoisotopic (exact) mass is 324 g/mol. The number of ether oxygens (including phenoxy) is 1. The van der Waals surface area contributed by atoms with Gasteiger partial charge >= 0.3 is 10.1 Å². The van der Waals surface area contributed by atoms with Crippen LogP contribution in [0.4, 0.5) is 4.39 Å². The highest BCUT2D eigenvalue weighted by atomic mass is 32.2. The first-order valence-electron chi connectivity index (χ1n) is 6.60. The minimum absolute atomic E-state index is 0.0310. The van der Waals surface area contributed by atoms with Gasteiger partial charge in [0.2, 0.25) is 0 Å². The van der Waals surface area contributed by atoms with E-state index in [9.17, 15) is 12.8 Å². The summed E-state index contributed by atoms with van der Waals surface area (Å²) in [5.74, 6) is -0.424. The van der Waals surface area contributed by atoms with Crippen LogP contribution in [0.25, 0.3) is 0 Å². The van der Waals surface area contributed by atoms with Crippen molar-refractivity contribution in [2.24, 2.45) is 0 Å². The summed E-state index contributed by atoms with van der Waals surface area (Å²) in [5, 5.41) is 0. The molecule has 0 atom stereocenters. The molecule has 2 rings (SSSR count). The van der Waals surface area contributed by atoms with E-state index < -0.39 is 15.9 Å². The minimum atomic E-state index is -4.20. The molecule has 0 heterocycles. The number of benzene rings is 2. The summed E-state index contributed by atoms with van der Waals surface area (Å²) in [4.78, 5) is -0.339. The maximum absolute atomic E-state index is 13.4. The van der Waals surface area contributed by atoms with E-state index in [1.165, 1.54) is 13.2 Å². The average molecular weight is 324 g/mol. The number of methoxy groups -OCH3 is 1. The Morgan fingerprint density at radius 3 is 2.32 bits per heavy atom. The molecule has 2 aromatic carbocycles. The Hall–Kier alpha value is -2.08. The lowest BCUT2D eigenvalue weighted by molar-refractivity contribution is 0.396. The van der Waals surface area contributed by atoms with Crippen LogP contribution in [0.2, 0.25) is 0 Å². The molecule has 0 N–H and O–H groups in total. The Morgan fingerprint density at radius 2 is 1.68 bits per heavy atom. The van der Waals surface area contributed by atoms with E-state index in [2.05, 4.69) is 0 Å². The molecule has 0 aliphatic carbocycles. The van der Waals surface area contributed by atoms with E-state index in [0.717, 1.165) is 23.3 Å². The lowest BCUT2D eigenvalue weighted by Gasteiger charge is -2.14. The molecule has 0 aliphatic heterocycles. The summed E-state index contributed by atoms with van der Waals surface area (Å²) in [6, 6.07) is 6.81. The third kappa shape index (κ3) is 3.22. The number of halogens is 1. The molecule has 0 aliphatic rings. The maximum Gasteiger partial charge on any atom is 0.343 e. The molecule has 0 unspecified atom stereocenters. The van der Waals surface area contributed by atoms with E-state index in [-0.39, 0.29) is 16.4 Å². The largest absolute Gasteiger partial charge is 0.495 e. The zero-order valence-corrected chi connectivity index (χ0v) is 13.6. The van der Waals surface area contributed by atoms with Crippen molar-refractivity contribution in [1.29, 1.82) is 0 Å². The Kier molecular flexibility index (Phi) is 4.42. The van der Waals surface area contributed by atoms with Crippen molar-refractivity contribution >= 4 is 10.1 Å². The fourth-order valence-electron chi connectivity index (χ4n) is 2.10. The van der Waals surface area contributed by atoms with Crippen LogP contribution in [0.15, 0.2) is 35.2 Å². The van der Waals surface area contributed by atoms with E-state index in [1.807, 2.05) is 19.9 Å². The van der Waals surface area contributed by atoms with Crippen molar-refractivity contribution in [3.63, 3.8) is 0 Å². The van der Waals surface area contributed by atoms with Crippen LogP contribution in [0.5, 0.6) is 11.5 Å². The van der Waals surface area contributed by atoms with Crippen molar-refractivity contribution in [3.05, 3.63) is 52.8 Å². The highest BCUT2D eigenvalue weighted by Gasteiger charge is 2.24. The molecule has 0 saturated carbocycles. The maximum atomic E-state index is 13.4. The molecule has 2 aromatic rings. The second-order valence-corrected chi connectivity index (χ2v) is 6.55. The molecule has 0 bridgehead atoms. The van der Waals surface area contributed by atoms with Crippen molar-refractivity contribution in [1.82, 2.24) is 0 Å². The van der Waals surface area contributed by atoms with Crippen LogP contribution in [0.1, 0.15) is 16.7 Å². The van der Waals surface area contributed by atoms with Crippen LogP contribution in [0.3, 0.4) is 0 Å². The van der Waals surface area contributed by atoms with Gasteiger partial charge in [0, 0.05) is 0 Å². The summed E-state index contributed by atoms with van der Waals surface area (Å²) in [6.45, 7) is 5.47. The molecule has 6 heteroatoms. The molecule has 118 valence electrons. The zero-order chi connectivity index (χ0) is 16.5. The average Bonchev–Trinajstić information content (AvgIpc) is 2.44. The summed E-state index contributed by atoms with van der Waals surface area (Å²) in [7, 11) is -2.89. The third-order valence-corrected chi connectivity index (χ3v) is 4.62. The van der Waals surface area contributed by atoms with Gasteiger partial charge < -0.3 is 8.92 Å². The standard InChI is InChI=1S/C16H17FO4S/c1-10-7-11(2)12(3)15(8-10)21-22(18,19)16-9-13(17)5-6-14(16)20-4/h5-9H,1-4H3. The minimum Gasteiger partial charge on any atom is -0.495 e. The summed E-state index contributed by atoms with van der Waals surface area (Å²) in [5.41, 5.74) is 2.50. The van der Waals surface area contributed by atoms with Gasteiger partial charge in [-0.25, -0.2) is 4.39 Å². The van der Waals surface area contributed by atoms with Crippen LogP contribution in [-0.4, -0.2) is 15.5 Å². The molecular weight excluding hydrogens is 307 g/mol. The van der Waals surface area contributed by atoms with Gasteiger partial charge in [-0.3, -0.25) is 0 Å². The van der Waals surface area contributed by atoms with E-state index in [1.54, 1.807) is 13.0 Å². The van der Waals surface area contributed by atoms with Gasteiger partial charge in [-0.2, -0.15) is 8.42 Å². The molecule has 4 nitrogen and oxygen atoms in total. The lowest BCUT2D eigenvalue weighted by atomic mass is 10.1. The van der Waals surface area contributed by atoms with Crippen molar-refractivity contribution in [2.45, 2.75) is 25.7 Å². The smallest absolute Gasteiger partial charge is 0.343 e. The first kappa shape index (κ1) is 16.3. The van der Waals surface area contributed by atoms with Crippen LogP contribution >= 0.6 is 0 Å². The van der Waals surface area contributed by atoms with E-state index >= 15 is 0 Å². The van der Waals surface area contributed by atoms with Gasteiger partial charge in [0.25, 0.3) is 0 Å². The first-order chi connectivity index (χ1) is 10.2. The van der Waals surface area contributed by atoms with Gasteiger partial charge in [-0.15, -0.1) is 0 Å². The molecule has 0 aromatic heterocycles. The van der Waals surface area contributed by atoms with Crippen LogP contribution in [-0.2, 0) is 10.1 Å². The summed E-state index contributed by atoms with van der Waals surface area (Å²) < 4.78 is 48.4. The fraction of sp³-hybridized carbons (Fsp3) is 0.250. The predicted molar refractivity (Wildman–Crippen MR) is 81.4 cm³/mol. The zero-order valence-electron chi connectivity index (χ0n) is 12.8. The highest BCUT2D eigenvalue weighted by Crippen LogP contribution is 2.30. The molecule has 0 spiro atoms. The van der Waals surface area contributed by atoms with Gasteiger partial charge in [-0.1, -0.05) is 6.07 Å². The van der Waals surface area contributed by atoms with E-state index in [0.29, 0.717) is 5.56 Å². The molecule has 0 amide bonds. The van der Waals surface area contributed by atoms with E-state index in [4.69, 9.17) is 8.92 Å². The Balaban J connectivity index is 2.51. The Morgan fingerprint density at radius 1 is 1.00 bits per heavy atom. The number of aryl methyl sites for hydroxylation is 2. The molecule has 0 fully saturated rings. The van der Waals surface area contributed by atoms with Gasteiger partial charge in [-0.05, 0) is 61.7 Å². The van der Waals surface area contributed by atoms with Gasteiger partial charge in [0.05, 0.1) is 7.11 Å². The normalized spacial score (nSPS) is 11.3. The Bertz CT molecular complexity index is 813. The van der Waals surface area contributed by atoms with Crippen LogP contribution < -0.4 is 8.92 Å². The van der Waals surface area contributed by atoms with Crippen molar-refractivity contribution < 1.29 is 21.7 Å². The number of hydrogen-bond acceptors (Lipinski definition) is 4. The molecule has 22 heavy (non-hydrogen) atoms. The predicted octanol–water partition coefficient (Wildman–Crippen LogP) is 3.53. The van der Waals surface area contributed by atoms with Crippen molar-refractivity contribution in [2.75, 3.05) is 7.11 Å². The second-order valence-electron chi connectivity index (χ2n) is 5.04. The highest BCUT2D eigenvalue weighted by molar-refractivity contribution is 7.87. The van der Waals surface area contributed by atoms with Gasteiger partial charge in [0.1, 0.15) is 17.3 Å². The first-order valence-corrected chi connectivity index (χ1v) is 8.01. The van der Waals surface area contributed by atoms with Gasteiger partial charge in [0.15, 0.2) is 4.90 Å². The topological polar surface area (TPSA) is 52.6 Å². The number of rotatable bonds is 4. The molecule has 0 saturated heterocycles. The summed E-state index contributed by atoms with van der Waals surface area (Å²) >= 11 is 0. The summed E-state index contributed by atoms with van der Waals surface area (Å²) in [6.07, 6.45) is 0. The quantitative estimate of drug-likeness (QED) is 0.807.